The molecular formula is C22H25N3O2. The first-order valence-corrected chi connectivity index (χ1v) is 8.66. The topological polar surface area (TPSA) is 75.4 Å². The molecule has 2 aromatic rings. The van der Waals surface area contributed by atoms with Crippen LogP contribution in [0.4, 0.5) is 11.4 Å². The number of hydrogen-bond acceptors (Lipinski definition) is 3. The molecule has 0 saturated carbocycles. The van der Waals surface area contributed by atoms with E-state index in [-0.39, 0.29) is 5.91 Å². The van der Waals surface area contributed by atoms with Crippen molar-refractivity contribution in [3.8, 4) is 12.3 Å². The number of hydrogen-bond donors (Lipinski definition) is 2. The minimum absolute atomic E-state index is 0.335. The summed E-state index contributed by atoms with van der Waals surface area (Å²) in [6.07, 6.45) is 5.42. The molecule has 140 valence electrons. The highest BCUT2D eigenvalue weighted by molar-refractivity contribution is 6.09. The monoisotopic (exact) mass is 363 g/mol. The fraction of sp³-hybridized carbons (Fsp3) is 0.273. The predicted molar refractivity (Wildman–Crippen MR) is 109 cm³/mol. The Balaban J connectivity index is 2.65. The average molecular weight is 363 g/mol. The maximum absolute atomic E-state index is 13.2. The van der Waals surface area contributed by atoms with Crippen LogP contribution in [0.1, 0.15) is 37.9 Å². The second kappa shape index (κ2) is 7.96. The molecule has 0 aliphatic rings. The summed E-state index contributed by atoms with van der Waals surface area (Å²) in [6, 6.07) is 13.3. The lowest BCUT2D eigenvalue weighted by atomic mass is 10.00. The summed E-state index contributed by atoms with van der Waals surface area (Å²) in [6.45, 7) is 7.54. The van der Waals surface area contributed by atoms with E-state index in [1.54, 1.807) is 30.3 Å². The molecule has 0 aromatic heterocycles. The molecule has 0 saturated heterocycles. The molecule has 0 heterocycles. The number of amides is 2. The molecule has 5 heteroatoms. The number of terminal acetylenes is 1. The summed E-state index contributed by atoms with van der Waals surface area (Å²) in [5, 5.41) is 2.94. The molecule has 0 radical (unpaired) electrons. The van der Waals surface area contributed by atoms with Gasteiger partial charge in [0.05, 0.1) is 0 Å². The van der Waals surface area contributed by atoms with Crippen LogP contribution in [0, 0.1) is 19.3 Å². The van der Waals surface area contributed by atoms with Crippen LogP contribution in [0.15, 0.2) is 48.5 Å². The van der Waals surface area contributed by atoms with Gasteiger partial charge in [-0.15, -0.1) is 6.42 Å². The smallest absolute Gasteiger partial charge is 0.303 e. The highest BCUT2D eigenvalue weighted by Crippen LogP contribution is 2.30. The van der Waals surface area contributed by atoms with Gasteiger partial charge >= 0.3 is 5.91 Å². The van der Waals surface area contributed by atoms with Crippen LogP contribution in [0.3, 0.4) is 0 Å². The van der Waals surface area contributed by atoms with Crippen LogP contribution in [0.2, 0.25) is 0 Å². The van der Waals surface area contributed by atoms with Crippen molar-refractivity contribution in [2.24, 2.45) is 0 Å². The van der Waals surface area contributed by atoms with Crippen molar-refractivity contribution in [2.45, 2.75) is 39.3 Å². The van der Waals surface area contributed by atoms with Crippen LogP contribution in [0.25, 0.3) is 0 Å². The Morgan fingerprint density at radius 3 is 2.37 bits per heavy atom. The van der Waals surface area contributed by atoms with Crippen molar-refractivity contribution in [3.05, 3.63) is 59.7 Å². The molecule has 0 bridgehead atoms. The third kappa shape index (κ3) is 5.11. The average Bonchev–Trinajstić information content (AvgIpc) is 2.57. The standard InChI is InChI=1S/C22H25N3O2/c1-6-19(26)25(18-12-7-9-15(2)13-18)20(21(27)24-22(3,4)5)16-10-8-11-17(23)14-16/h1,7-14,20H,23H2,2-5H3,(H,24,27). The molecule has 0 spiro atoms. The van der Waals surface area contributed by atoms with Crippen molar-refractivity contribution < 1.29 is 9.59 Å². The Kier molecular flexibility index (Phi) is 5.91. The van der Waals surface area contributed by atoms with Gasteiger partial charge in [-0.05, 0) is 69.0 Å². The van der Waals surface area contributed by atoms with Gasteiger partial charge in [0.15, 0.2) is 0 Å². The van der Waals surface area contributed by atoms with E-state index in [0.717, 1.165) is 5.56 Å². The molecule has 2 aromatic carbocycles. The zero-order valence-electron chi connectivity index (χ0n) is 16.1. The van der Waals surface area contributed by atoms with Crippen LogP contribution in [0.5, 0.6) is 0 Å². The van der Waals surface area contributed by atoms with Gasteiger partial charge < -0.3 is 11.1 Å². The van der Waals surface area contributed by atoms with Gasteiger partial charge in [-0.25, -0.2) is 0 Å². The first-order chi connectivity index (χ1) is 12.6. The maximum Gasteiger partial charge on any atom is 0.303 e. The van der Waals surface area contributed by atoms with Gasteiger partial charge in [-0.2, -0.15) is 0 Å². The molecular weight excluding hydrogens is 338 g/mol. The fourth-order valence-electron chi connectivity index (χ4n) is 2.82. The predicted octanol–water partition coefficient (Wildman–Crippen LogP) is 3.20. The van der Waals surface area contributed by atoms with Crippen molar-refractivity contribution >= 4 is 23.2 Å². The second-order valence-corrected chi connectivity index (χ2v) is 7.47. The second-order valence-electron chi connectivity index (χ2n) is 7.47. The van der Waals surface area contributed by atoms with E-state index in [1.165, 1.54) is 4.90 Å². The lowest BCUT2D eigenvalue weighted by Crippen LogP contribution is -2.49. The lowest BCUT2D eigenvalue weighted by Gasteiger charge is -2.32. The van der Waals surface area contributed by atoms with Gasteiger partial charge in [0.1, 0.15) is 6.04 Å². The largest absolute Gasteiger partial charge is 0.399 e. The molecule has 2 rings (SSSR count). The lowest BCUT2D eigenvalue weighted by molar-refractivity contribution is -0.126. The maximum atomic E-state index is 13.2. The molecule has 0 fully saturated rings. The van der Waals surface area contributed by atoms with E-state index in [9.17, 15) is 9.59 Å². The molecule has 5 nitrogen and oxygen atoms in total. The Bertz CT molecular complexity index is 891. The number of nitrogens with zero attached hydrogens (tertiary/aromatic N) is 1. The number of carbonyl (C=O) groups excluding carboxylic acids is 2. The Labute approximate surface area is 160 Å². The SMILES string of the molecule is C#CC(=O)N(c1cccc(C)c1)C(C(=O)NC(C)(C)C)c1cccc(N)c1. The number of nitrogen functional groups attached to an aromatic ring is 1. The van der Waals surface area contributed by atoms with Crippen molar-refractivity contribution in [2.75, 3.05) is 10.6 Å². The summed E-state index contributed by atoms with van der Waals surface area (Å²) in [7, 11) is 0. The van der Waals surface area contributed by atoms with Gasteiger partial charge in [0, 0.05) is 16.9 Å². The zero-order valence-corrected chi connectivity index (χ0v) is 16.1. The van der Waals surface area contributed by atoms with Crippen LogP contribution in [-0.2, 0) is 9.59 Å². The van der Waals surface area contributed by atoms with Crippen molar-refractivity contribution in [1.82, 2.24) is 5.32 Å². The number of nitrogens with one attached hydrogen (secondary N) is 1. The van der Waals surface area contributed by atoms with E-state index in [4.69, 9.17) is 12.2 Å². The van der Waals surface area contributed by atoms with Crippen LogP contribution < -0.4 is 16.0 Å². The fourth-order valence-corrected chi connectivity index (χ4v) is 2.82. The van der Waals surface area contributed by atoms with Gasteiger partial charge in [0.2, 0.25) is 5.91 Å². The summed E-state index contributed by atoms with van der Waals surface area (Å²) in [5.74, 6) is 1.21. The first kappa shape index (κ1) is 20.1. The normalized spacial score (nSPS) is 12.0. The number of aryl methyl sites for hydroxylation is 1. The van der Waals surface area contributed by atoms with Crippen molar-refractivity contribution in [3.63, 3.8) is 0 Å². The third-order valence-corrected chi connectivity index (χ3v) is 3.85. The van der Waals surface area contributed by atoms with Crippen LogP contribution >= 0.6 is 0 Å². The molecule has 3 N–H and O–H groups in total. The number of nitrogens with two attached hydrogens (primary N) is 1. The number of carbonyl (C=O) groups is 2. The summed E-state index contributed by atoms with van der Waals surface area (Å²) < 4.78 is 0. The number of benzene rings is 2. The van der Waals surface area contributed by atoms with Gasteiger partial charge in [-0.1, -0.05) is 24.3 Å². The van der Waals surface area contributed by atoms with Crippen LogP contribution in [-0.4, -0.2) is 17.4 Å². The van der Waals surface area contributed by atoms with Gasteiger partial charge in [0.25, 0.3) is 0 Å². The van der Waals surface area contributed by atoms with Crippen molar-refractivity contribution in [1.29, 1.82) is 0 Å². The molecule has 1 unspecified atom stereocenters. The van der Waals surface area contributed by atoms with E-state index in [0.29, 0.717) is 16.9 Å². The number of rotatable bonds is 4. The summed E-state index contributed by atoms with van der Waals surface area (Å²) >= 11 is 0. The minimum atomic E-state index is -0.946. The minimum Gasteiger partial charge on any atom is -0.399 e. The molecule has 0 aliphatic carbocycles. The Morgan fingerprint density at radius 2 is 1.81 bits per heavy atom. The highest BCUT2D eigenvalue weighted by Gasteiger charge is 2.34. The van der Waals surface area contributed by atoms with E-state index in [2.05, 4.69) is 11.2 Å². The molecule has 1 atom stereocenters. The quantitative estimate of drug-likeness (QED) is 0.647. The van der Waals surface area contributed by atoms with E-state index < -0.39 is 17.5 Å². The third-order valence-electron chi connectivity index (χ3n) is 3.85. The summed E-state index contributed by atoms with van der Waals surface area (Å²) in [4.78, 5) is 27.2. The highest BCUT2D eigenvalue weighted by atomic mass is 16.2. The van der Waals surface area contributed by atoms with Gasteiger partial charge in [-0.3, -0.25) is 14.5 Å². The first-order valence-electron chi connectivity index (χ1n) is 8.66. The molecule has 0 aliphatic heterocycles. The summed E-state index contributed by atoms with van der Waals surface area (Å²) in [5.41, 5.74) is 8.02. The Morgan fingerprint density at radius 1 is 1.15 bits per heavy atom. The molecule has 2 amide bonds. The zero-order chi connectivity index (χ0) is 20.2. The van der Waals surface area contributed by atoms with E-state index >= 15 is 0 Å². The van der Waals surface area contributed by atoms with E-state index in [1.807, 2.05) is 45.9 Å². The molecule has 27 heavy (non-hydrogen) atoms. The number of anilines is 2. The Hall–Kier alpha value is -3.26.